The van der Waals surface area contributed by atoms with Gasteiger partial charge in [0.25, 0.3) is 5.56 Å². The van der Waals surface area contributed by atoms with Gasteiger partial charge in [-0.2, -0.15) is 5.16 Å². The maximum Gasteiger partial charge on any atom is 0.409 e. The molecule has 1 aliphatic heterocycles. The van der Waals surface area contributed by atoms with Crippen LogP contribution < -0.4 is 5.56 Å². The van der Waals surface area contributed by atoms with E-state index in [9.17, 15) is 9.59 Å². The molecule has 2 heterocycles. The molecule has 1 saturated carbocycles. The normalized spacial score (nSPS) is 26.2. The monoisotopic (exact) mass is 322 g/mol. The first-order valence-corrected chi connectivity index (χ1v) is 8.70. The highest BCUT2D eigenvalue weighted by Gasteiger charge is 2.35. The van der Waals surface area contributed by atoms with Crippen LogP contribution >= 0.6 is 0 Å². The van der Waals surface area contributed by atoms with E-state index < -0.39 is 0 Å². The predicted molar refractivity (Wildman–Crippen MR) is 85.4 cm³/mol. The quantitative estimate of drug-likeness (QED) is 0.927. The zero-order valence-corrected chi connectivity index (χ0v) is 13.8. The van der Waals surface area contributed by atoms with Gasteiger partial charge in [-0.15, -0.1) is 0 Å². The van der Waals surface area contributed by atoms with Crippen molar-refractivity contribution in [2.75, 3.05) is 13.7 Å². The summed E-state index contributed by atoms with van der Waals surface area (Å²) in [7, 11) is 1.44. The smallest absolute Gasteiger partial charge is 0.409 e. The number of nitrogens with zero attached hydrogens (tertiary/aromatic N) is 1. The van der Waals surface area contributed by atoms with Gasteiger partial charge < -0.3 is 14.2 Å². The number of piperidine rings is 1. The molecule has 1 aliphatic carbocycles. The number of carbonyl (C=O) groups is 1. The van der Waals surface area contributed by atoms with Gasteiger partial charge in [-0.25, -0.2) is 4.79 Å². The summed E-state index contributed by atoms with van der Waals surface area (Å²) in [6.07, 6.45) is 8.88. The number of amides is 1. The minimum atomic E-state index is -0.236. The Morgan fingerprint density at radius 2 is 2.13 bits per heavy atom. The second kappa shape index (κ2) is 7.23. The van der Waals surface area contributed by atoms with E-state index in [-0.39, 0.29) is 23.6 Å². The van der Waals surface area contributed by atoms with Crippen molar-refractivity contribution >= 4 is 6.09 Å². The van der Waals surface area contributed by atoms with Crippen molar-refractivity contribution in [3.63, 3.8) is 0 Å². The van der Waals surface area contributed by atoms with Gasteiger partial charge in [0.05, 0.1) is 7.11 Å². The van der Waals surface area contributed by atoms with E-state index in [4.69, 9.17) is 9.26 Å². The summed E-state index contributed by atoms with van der Waals surface area (Å²) >= 11 is 0. The van der Waals surface area contributed by atoms with E-state index in [0.717, 1.165) is 19.3 Å². The molecule has 0 radical (unpaired) electrons. The van der Waals surface area contributed by atoms with Crippen molar-refractivity contribution < 1.29 is 14.1 Å². The third-order valence-electron chi connectivity index (χ3n) is 5.40. The van der Waals surface area contributed by atoms with Crippen LogP contribution in [0.4, 0.5) is 4.79 Å². The van der Waals surface area contributed by atoms with Crippen molar-refractivity contribution in [2.45, 2.75) is 63.3 Å². The summed E-state index contributed by atoms with van der Waals surface area (Å²) in [5.41, 5.74) is -0.195. The zero-order chi connectivity index (χ0) is 16.2. The van der Waals surface area contributed by atoms with Crippen LogP contribution in [-0.2, 0) is 4.74 Å². The number of ether oxygens (including phenoxy) is 1. The molecule has 128 valence electrons. The minimum absolute atomic E-state index is 0.171. The summed E-state index contributed by atoms with van der Waals surface area (Å²) in [6.45, 7) is 0.656. The third-order valence-corrected chi connectivity index (χ3v) is 5.40. The number of methoxy groups -OCH3 is 1. The van der Waals surface area contributed by atoms with Gasteiger partial charge in [0.2, 0.25) is 0 Å². The molecule has 2 atom stereocenters. The van der Waals surface area contributed by atoms with E-state index in [2.05, 4.69) is 5.16 Å². The summed E-state index contributed by atoms with van der Waals surface area (Å²) < 4.78 is 10.3. The number of aromatic amines is 1. The highest BCUT2D eigenvalue weighted by Crippen LogP contribution is 2.36. The molecule has 2 unspecified atom stereocenters. The van der Waals surface area contributed by atoms with E-state index >= 15 is 0 Å². The third kappa shape index (κ3) is 3.79. The topological polar surface area (TPSA) is 75.5 Å². The molecule has 1 amide bonds. The molecule has 6 nitrogen and oxygen atoms in total. The number of hydrogen-bond donors (Lipinski definition) is 1. The molecule has 23 heavy (non-hydrogen) atoms. The van der Waals surface area contributed by atoms with Crippen LogP contribution in [0.5, 0.6) is 0 Å². The Balaban J connectivity index is 1.71. The zero-order valence-electron chi connectivity index (χ0n) is 13.8. The van der Waals surface area contributed by atoms with Crippen LogP contribution in [0, 0.1) is 5.92 Å². The van der Waals surface area contributed by atoms with Crippen LogP contribution in [0.15, 0.2) is 15.4 Å². The fourth-order valence-electron chi connectivity index (χ4n) is 4.20. The first-order valence-electron chi connectivity index (χ1n) is 8.70. The summed E-state index contributed by atoms with van der Waals surface area (Å²) in [4.78, 5) is 25.3. The molecule has 2 aliphatic rings. The molecule has 0 bridgehead atoms. The van der Waals surface area contributed by atoms with Gasteiger partial charge in [0.15, 0.2) is 0 Å². The SMILES string of the molecule is COC(=O)N1CCC(c2cc(=O)[nH]o2)CC1CC1CCCCC1. The van der Waals surface area contributed by atoms with E-state index in [1.54, 1.807) is 0 Å². The van der Waals surface area contributed by atoms with Gasteiger partial charge in [0.1, 0.15) is 5.76 Å². The Morgan fingerprint density at radius 3 is 2.78 bits per heavy atom. The molecule has 1 aromatic heterocycles. The minimum Gasteiger partial charge on any atom is -0.453 e. The Hall–Kier alpha value is -1.72. The standard InChI is InChI=1S/C17H26N2O4/c1-22-17(21)19-8-7-13(15-11-16(20)18-23-15)10-14(19)9-12-5-3-2-4-6-12/h11-14H,2-10H2,1H3,(H,18,20). The van der Waals surface area contributed by atoms with Crippen LogP contribution in [0.1, 0.15) is 63.0 Å². The fourth-order valence-corrected chi connectivity index (χ4v) is 4.20. The van der Waals surface area contributed by atoms with Gasteiger partial charge in [-0.3, -0.25) is 4.79 Å². The average molecular weight is 322 g/mol. The molecule has 0 spiro atoms. The van der Waals surface area contributed by atoms with E-state index in [1.165, 1.54) is 45.3 Å². The van der Waals surface area contributed by atoms with E-state index in [1.807, 2.05) is 4.90 Å². The van der Waals surface area contributed by atoms with Crippen molar-refractivity contribution in [2.24, 2.45) is 5.92 Å². The fraction of sp³-hybridized carbons (Fsp3) is 0.765. The molecule has 1 saturated heterocycles. The Morgan fingerprint density at radius 1 is 1.35 bits per heavy atom. The predicted octanol–water partition coefficient (Wildman–Crippen LogP) is 3.25. The molecular formula is C17H26N2O4. The summed E-state index contributed by atoms with van der Waals surface area (Å²) in [5.74, 6) is 1.61. The average Bonchev–Trinajstić information content (AvgIpc) is 3.01. The van der Waals surface area contributed by atoms with Crippen molar-refractivity contribution in [3.05, 3.63) is 22.2 Å². The lowest BCUT2D eigenvalue weighted by Gasteiger charge is -2.40. The van der Waals surface area contributed by atoms with Crippen LogP contribution in [0.2, 0.25) is 0 Å². The second-order valence-corrected chi connectivity index (χ2v) is 6.89. The number of H-pyrrole nitrogens is 1. The van der Waals surface area contributed by atoms with Crippen molar-refractivity contribution in [1.29, 1.82) is 0 Å². The van der Waals surface area contributed by atoms with E-state index in [0.29, 0.717) is 18.2 Å². The van der Waals surface area contributed by atoms with Gasteiger partial charge in [-0.1, -0.05) is 32.1 Å². The maximum absolute atomic E-state index is 12.1. The van der Waals surface area contributed by atoms with Crippen LogP contribution in [-0.4, -0.2) is 35.8 Å². The Labute approximate surface area is 136 Å². The second-order valence-electron chi connectivity index (χ2n) is 6.89. The van der Waals surface area contributed by atoms with Gasteiger partial charge >= 0.3 is 6.09 Å². The molecule has 3 rings (SSSR count). The molecule has 1 aromatic rings. The van der Waals surface area contributed by atoms with Crippen LogP contribution in [0.25, 0.3) is 0 Å². The van der Waals surface area contributed by atoms with Crippen LogP contribution in [0.3, 0.4) is 0 Å². The lowest BCUT2D eigenvalue weighted by Crippen LogP contribution is -2.46. The number of nitrogens with one attached hydrogen (secondary N) is 1. The first-order chi connectivity index (χ1) is 11.2. The highest BCUT2D eigenvalue weighted by atomic mass is 16.5. The van der Waals surface area contributed by atoms with Crippen molar-refractivity contribution in [3.8, 4) is 0 Å². The first kappa shape index (κ1) is 16.1. The summed E-state index contributed by atoms with van der Waals surface area (Å²) in [6, 6.07) is 1.71. The maximum atomic E-state index is 12.1. The number of likely N-dealkylation sites (tertiary alicyclic amines) is 1. The highest BCUT2D eigenvalue weighted by molar-refractivity contribution is 5.68. The number of hydrogen-bond acceptors (Lipinski definition) is 4. The lowest BCUT2D eigenvalue weighted by molar-refractivity contribution is 0.0702. The molecule has 6 heteroatoms. The molecule has 2 fully saturated rings. The van der Waals surface area contributed by atoms with Gasteiger partial charge in [-0.05, 0) is 25.2 Å². The number of rotatable bonds is 3. The largest absolute Gasteiger partial charge is 0.453 e. The lowest BCUT2D eigenvalue weighted by atomic mass is 9.80. The number of aromatic nitrogens is 1. The van der Waals surface area contributed by atoms with Crippen molar-refractivity contribution in [1.82, 2.24) is 10.1 Å². The number of carbonyl (C=O) groups excluding carboxylic acids is 1. The Kier molecular flexibility index (Phi) is 5.08. The molecule has 1 N–H and O–H groups in total. The Bertz CT molecular complexity index is 573. The molecule has 0 aromatic carbocycles. The van der Waals surface area contributed by atoms with Gasteiger partial charge in [0, 0.05) is 24.6 Å². The summed E-state index contributed by atoms with van der Waals surface area (Å²) in [5, 5.41) is 2.37. The molecular weight excluding hydrogens is 296 g/mol.